The molecule has 0 bridgehead atoms. The third-order valence-corrected chi connectivity index (χ3v) is 11.0. The van der Waals surface area contributed by atoms with E-state index >= 15 is 0 Å². The van der Waals surface area contributed by atoms with Gasteiger partial charge in [0, 0.05) is 6.42 Å². The Labute approximate surface area is 347 Å². The van der Waals surface area contributed by atoms with Gasteiger partial charge in [-0.3, -0.25) is 9.59 Å². The first-order valence-electron chi connectivity index (χ1n) is 24.2. The summed E-state index contributed by atoms with van der Waals surface area (Å²) in [5.41, 5.74) is 0. The smallest absolute Gasteiger partial charge is 0.306 e. The van der Waals surface area contributed by atoms with E-state index in [1.54, 1.807) is 0 Å². The first-order chi connectivity index (χ1) is 27.5. The summed E-state index contributed by atoms with van der Waals surface area (Å²) in [5.74, 6) is -0.494. The molecule has 6 nitrogen and oxygen atoms in total. The Morgan fingerprint density at radius 1 is 0.536 bits per heavy atom. The van der Waals surface area contributed by atoms with E-state index in [0.717, 1.165) is 77.0 Å². The molecule has 0 spiro atoms. The van der Waals surface area contributed by atoms with Crippen LogP contribution in [0.2, 0.25) is 0 Å². The standard InChI is InChI=1S/C50H93NO5/c1-4-7-10-13-16-19-22-24-26-28-31-34-37-40-43-50(55)56-46(41-38-35-32-29-21-18-15-12-9-6-3)44-49(54)51-47(45-52)48(53)42-39-36-33-30-27-25-23-20-17-14-11-8-5-2/h7,10,16,19,24,26,46-48,52-53H,4-6,8-9,11-15,17-18,20-23,25,27-45H2,1-3H3,(H,51,54)/b10-7+,19-16+,26-24+. The highest BCUT2D eigenvalue weighted by Gasteiger charge is 2.24. The van der Waals surface area contributed by atoms with Gasteiger partial charge in [-0.05, 0) is 57.8 Å². The summed E-state index contributed by atoms with van der Waals surface area (Å²) in [5, 5.41) is 23.7. The van der Waals surface area contributed by atoms with Gasteiger partial charge in [0.15, 0.2) is 0 Å². The predicted octanol–water partition coefficient (Wildman–Crippen LogP) is 14.1. The zero-order chi connectivity index (χ0) is 41.0. The lowest BCUT2D eigenvalue weighted by Crippen LogP contribution is -2.46. The lowest BCUT2D eigenvalue weighted by Gasteiger charge is -2.24. The van der Waals surface area contributed by atoms with Crippen molar-refractivity contribution in [1.29, 1.82) is 0 Å². The van der Waals surface area contributed by atoms with E-state index in [1.807, 2.05) is 0 Å². The van der Waals surface area contributed by atoms with Crippen LogP contribution in [0.4, 0.5) is 0 Å². The Hall–Kier alpha value is -1.92. The lowest BCUT2D eigenvalue weighted by atomic mass is 10.0. The third-order valence-electron chi connectivity index (χ3n) is 11.0. The van der Waals surface area contributed by atoms with E-state index in [4.69, 9.17) is 4.74 Å². The van der Waals surface area contributed by atoms with Crippen molar-refractivity contribution >= 4 is 11.9 Å². The van der Waals surface area contributed by atoms with Gasteiger partial charge >= 0.3 is 5.97 Å². The average Bonchev–Trinajstić information content (AvgIpc) is 3.19. The minimum atomic E-state index is -0.787. The number of nitrogens with one attached hydrogen (secondary N) is 1. The summed E-state index contributed by atoms with van der Waals surface area (Å²) in [6.45, 7) is 6.36. The van der Waals surface area contributed by atoms with E-state index in [1.165, 1.54) is 122 Å². The fourth-order valence-electron chi connectivity index (χ4n) is 7.33. The third kappa shape index (κ3) is 38.9. The lowest BCUT2D eigenvalue weighted by molar-refractivity contribution is -0.151. The molecule has 0 saturated heterocycles. The van der Waals surface area contributed by atoms with Crippen LogP contribution in [0.3, 0.4) is 0 Å². The van der Waals surface area contributed by atoms with Crippen LogP contribution in [-0.2, 0) is 14.3 Å². The maximum absolute atomic E-state index is 13.1. The van der Waals surface area contributed by atoms with Gasteiger partial charge in [-0.25, -0.2) is 0 Å². The van der Waals surface area contributed by atoms with Crippen LogP contribution in [0.5, 0.6) is 0 Å². The fourth-order valence-corrected chi connectivity index (χ4v) is 7.33. The number of aliphatic hydroxyl groups excluding tert-OH is 2. The molecule has 0 aliphatic carbocycles. The number of unbranched alkanes of at least 4 members (excludes halogenated alkanes) is 25. The van der Waals surface area contributed by atoms with E-state index in [0.29, 0.717) is 19.3 Å². The molecular formula is C50H93NO5. The van der Waals surface area contributed by atoms with Gasteiger partial charge in [0.25, 0.3) is 0 Å². The molecule has 3 unspecified atom stereocenters. The van der Waals surface area contributed by atoms with Crippen LogP contribution < -0.4 is 5.32 Å². The molecule has 0 aromatic rings. The zero-order valence-corrected chi connectivity index (χ0v) is 37.3. The molecule has 0 aliphatic heterocycles. The van der Waals surface area contributed by atoms with Gasteiger partial charge in [-0.15, -0.1) is 0 Å². The molecule has 328 valence electrons. The van der Waals surface area contributed by atoms with Gasteiger partial charge < -0.3 is 20.3 Å². The average molecular weight is 788 g/mol. The molecule has 3 atom stereocenters. The Bertz CT molecular complexity index is 930. The second-order valence-electron chi connectivity index (χ2n) is 16.5. The highest BCUT2D eigenvalue weighted by molar-refractivity contribution is 5.77. The number of esters is 1. The summed E-state index contributed by atoms with van der Waals surface area (Å²) < 4.78 is 5.90. The molecule has 56 heavy (non-hydrogen) atoms. The molecule has 0 heterocycles. The van der Waals surface area contributed by atoms with Crippen LogP contribution in [0.25, 0.3) is 0 Å². The Morgan fingerprint density at radius 3 is 1.46 bits per heavy atom. The summed E-state index contributed by atoms with van der Waals surface area (Å²) in [6.07, 6.45) is 50.6. The molecule has 3 N–H and O–H groups in total. The Kier molecular flexibility index (Phi) is 42.7. The van der Waals surface area contributed by atoms with Gasteiger partial charge in [0.1, 0.15) is 6.10 Å². The summed E-state index contributed by atoms with van der Waals surface area (Å²) >= 11 is 0. The molecule has 1 amide bonds. The second-order valence-corrected chi connectivity index (χ2v) is 16.5. The van der Waals surface area contributed by atoms with E-state index < -0.39 is 18.2 Å². The molecule has 0 radical (unpaired) electrons. The summed E-state index contributed by atoms with van der Waals surface area (Å²) in [6, 6.07) is -0.701. The van der Waals surface area contributed by atoms with Crippen molar-refractivity contribution in [3.8, 4) is 0 Å². The summed E-state index contributed by atoms with van der Waals surface area (Å²) in [7, 11) is 0. The molecule has 6 heteroatoms. The Balaban J connectivity index is 4.55. The minimum Gasteiger partial charge on any atom is -0.462 e. The maximum atomic E-state index is 13.1. The zero-order valence-electron chi connectivity index (χ0n) is 37.3. The second kappa shape index (κ2) is 44.2. The number of ether oxygens (including phenoxy) is 1. The highest BCUT2D eigenvalue weighted by Crippen LogP contribution is 2.18. The number of hydrogen-bond acceptors (Lipinski definition) is 5. The number of hydrogen-bond donors (Lipinski definition) is 3. The van der Waals surface area contributed by atoms with Crippen LogP contribution in [0.1, 0.15) is 245 Å². The van der Waals surface area contributed by atoms with E-state index in [9.17, 15) is 19.8 Å². The van der Waals surface area contributed by atoms with Crippen LogP contribution in [0.15, 0.2) is 36.5 Å². The Morgan fingerprint density at radius 2 is 0.964 bits per heavy atom. The first-order valence-corrected chi connectivity index (χ1v) is 24.2. The van der Waals surface area contributed by atoms with Crippen molar-refractivity contribution in [3.63, 3.8) is 0 Å². The van der Waals surface area contributed by atoms with Crippen LogP contribution in [-0.4, -0.2) is 46.9 Å². The fraction of sp³-hybridized carbons (Fsp3) is 0.840. The van der Waals surface area contributed by atoms with Crippen molar-refractivity contribution in [2.75, 3.05) is 6.61 Å². The topological polar surface area (TPSA) is 95.9 Å². The van der Waals surface area contributed by atoms with E-state index in [2.05, 4.69) is 62.5 Å². The number of carbonyl (C=O) groups excluding carboxylic acids is 2. The molecule has 0 aromatic carbocycles. The number of amides is 1. The number of carbonyl (C=O) groups is 2. The predicted molar refractivity (Wildman–Crippen MR) is 241 cm³/mol. The van der Waals surface area contributed by atoms with Crippen molar-refractivity contribution in [1.82, 2.24) is 5.32 Å². The van der Waals surface area contributed by atoms with Crippen molar-refractivity contribution in [2.45, 2.75) is 264 Å². The van der Waals surface area contributed by atoms with E-state index in [-0.39, 0.29) is 24.9 Å². The van der Waals surface area contributed by atoms with Crippen molar-refractivity contribution in [3.05, 3.63) is 36.5 Å². The molecule has 0 aromatic heterocycles. The van der Waals surface area contributed by atoms with Crippen LogP contribution in [0, 0.1) is 0 Å². The minimum absolute atomic E-state index is 0.0715. The maximum Gasteiger partial charge on any atom is 0.306 e. The molecule has 0 saturated carbocycles. The van der Waals surface area contributed by atoms with Crippen molar-refractivity contribution in [2.24, 2.45) is 0 Å². The molecule has 0 fully saturated rings. The number of rotatable bonds is 43. The van der Waals surface area contributed by atoms with Crippen LogP contribution >= 0.6 is 0 Å². The normalized spacial score (nSPS) is 13.6. The monoisotopic (exact) mass is 788 g/mol. The largest absolute Gasteiger partial charge is 0.462 e. The molecular weight excluding hydrogens is 695 g/mol. The quantitative estimate of drug-likeness (QED) is 0.0325. The van der Waals surface area contributed by atoms with Gasteiger partial charge in [-0.1, -0.05) is 211 Å². The molecule has 0 aliphatic rings. The number of aliphatic hydroxyl groups is 2. The summed E-state index contributed by atoms with van der Waals surface area (Å²) in [4.78, 5) is 26.0. The van der Waals surface area contributed by atoms with Gasteiger partial charge in [-0.2, -0.15) is 0 Å². The SMILES string of the molecule is CC/C=C/C/C=C/C/C=C/CCCCCCC(=O)OC(CCCCCCCCCCCC)CC(=O)NC(CO)C(O)CCCCCCCCCCCCCCC. The van der Waals surface area contributed by atoms with Gasteiger partial charge in [0.05, 0.1) is 25.2 Å². The highest BCUT2D eigenvalue weighted by atomic mass is 16.5. The van der Waals surface area contributed by atoms with Crippen molar-refractivity contribution < 1.29 is 24.5 Å². The van der Waals surface area contributed by atoms with Gasteiger partial charge in [0.2, 0.25) is 5.91 Å². The number of allylic oxidation sites excluding steroid dienone is 6. The molecule has 0 rings (SSSR count). The first kappa shape index (κ1) is 54.1.